The lowest BCUT2D eigenvalue weighted by atomic mass is 9.96. The third-order valence-electron chi connectivity index (χ3n) is 6.05. The zero-order valence-corrected chi connectivity index (χ0v) is 17.1. The van der Waals surface area contributed by atoms with Crippen LogP contribution in [-0.2, 0) is 20.0 Å². The van der Waals surface area contributed by atoms with Crippen molar-refractivity contribution in [3.8, 4) is 11.4 Å². The van der Waals surface area contributed by atoms with E-state index in [1.54, 1.807) is 0 Å². The predicted octanol–water partition coefficient (Wildman–Crippen LogP) is 5.63. The van der Waals surface area contributed by atoms with Gasteiger partial charge in [0.05, 0.1) is 19.2 Å². The number of imidazole rings is 1. The van der Waals surface area contributed by atoms with Crippen LogP contribution in [0.5, 0.6) is 0 Å². The molecule has 0 saturated carbocycles. The Balaban J connectivity index is 2.00. The van der Waals surface area contributed by atoms with E-state index < -0.39 is 0 Å². The molecule has 0 bridgehead atoms. The van der Waals surface area contributed by atoms with E-state index in [2.05, 4.69) is 81.1 Å². The lowest BCUT2D eigenvalue weighted by molar-refractivity contribution is -0.664. The molecule has 0 saturated heterocycles. The number of hydrogen-bond donors (Lipinski definition) is 0. The van der Waals surface area contributed by atoms with Gasteiger partial charge in [-0.25, -0.2) is 9.13 Å². The van der Waals surface area contributed by atoms with E-state index in [4.69, 9.17) is 0 Å². The molecule has 0 atom stereocenters. The summed E-state index contributed by atoms with van der Waals surface area (Å²) in [6.45, 7) is 12.5. The molecule has 0 unspecified atom stereocenters. The van der Waals surface area contributed by atoms with Crippen molar-refractivity contribution in [3.05, 3.63) is 52.6 Å². The first-order valence-electron chi connectivity index (χ1n) is 10.0. The van der Waals surface area contributed by atoms with Crippen molar-refractivity contribution in [2.45, 2.75) is 65.8 Å². The molecule has 136 valence electrons. The van der Waals surface area contributed by atoms with Gasteiger partial charge in [-0.1, -0.05) is 45.9 Å². The molecule has 2 heterocycles. The van der Waals surface area contributed by atoms with Crippen molar-refractivity contribution in [2.75, 3.05) is 0 Å². The summed E-state index contributed by atoms with van der Waals surface area (Å²) < 4.78 is 4.99. The summed E-state index contributed by atoms with van der Waals surface area (Å²) in [5, 5.41) is 0. The third-order valence-corrected chi connectivity index (χ3v) is 6.05. The fourth-order valence-corrected chi connectivity index (χ4v) is 4.46. The van der Waals surface area contributed by atoms with Gasteiger partial charge in [0, 0.05) is 5.56 Å². The van der Waals surface area contributed by atoms with E-state index in [-0.39, 0.29) is 0 Å². The minimum atomic E-state index is 0.566. The van der Waals surface area contributed by atoms with Gasteiger partial charge in [0.2, 0.25) is 0 Å². The normalized spacial score (nSPS) is 14.0. The van der Waals surface area contributed by atoms with Crippen LogP contribution in [-0.4, -0.2) is 4.57 Å². The molecule has 0 fully saturated rings. The lowest BCUT2D eigenvalue weighted by Crippen LogP contribution is -2.39. The van der Waals surface area contributed by atoms with Gasteiger partial charge in [-0.15, -0.1) is 0 Å². The van der Waals surface area contributed by atoms with E-state index in [9.17, 15) is 0 Å². The van der Waals surface area contributed by atoms with Crippen LogP contribution in [0.1, 0.15) is 68.2 Å². The van der Waals surface area contributed by atoms with Gasteiger partial charge in [-0.3, -0.25) is 0 Å². The molecule has 2 heteroatoms. The highest BCUT2D eigenvalue weighted by atomic mass is 15.2. The SMILES string of the molecule is Cc1cc(C(C)C)ccc1-c1n(C)c2cc(C(C)C)cc3c2[n+]1CCC3. The van der Waals surface area contributed by atoms with Crippen LogP contribution in [0, 0.1) is 6.92 Å². The van der Waals surface area contributed by atoms with E-state index >= 15 is 0 Å². The minimum Gasteiger partial charge on any atom is -0.226 e. The Morgan fingerprint density at radius 2 is 1.69 bits per heavy atom. The fourth-order valence-electron chi connectivity index (χ4n) is 4.46. The summed E-state index contributed by atoms with van der Waals surface area (Å²) in [5.41, 5.74) is 9.98. The van der Waals surface area contributed by atoms with Crippen LogP contribution in [0.2, 0.25) is 0 Å². The second-order valence-electron chi connectivity index (χ2n) is 8.57. The summed E-state index contributed by atoms with van der Waals surface area (Å²) in [6, 6.07) is 11.9. The van der Waals surface area contributed by atoms with E-state index in [0.717, 1.165) is 6.54 Å². The summed E-state index contributed by atoms with van der Waals surface area (Å²) in [7, 11) is 2.24. The van der Waals surface area contributed by atoms with E-state index in [1.807, 2.05) is 0 Å². The Hall–Kier alpha value is -2.09. The molecule has 0 radical (unpaired) electrons. The number of aryl methyl sites for hydroxylation is 4. The second-order valence-corrected chi connectivity index (χ2v) is 8.57. The topological polar surface area (TPSA) is 8.81 Å². The number of aromatic nitrogens is 2. The molecule has 0 aliphatic carbocycles. The maximum atomic E-state index is 2.57. The Bertz CT molecular complexity index is 989. The monoisotopic (exact) mass is 347 g/mol. The highest BCUT2D eigenvalue weighted by Gasteiger charge is 2.30. The van der Waals surface area contributed by atoms with Crippen molar-refractivity contribution in [1.82, 2.24) is 4.57 Å². The average molecular weight is 348 g/mol. The standard InChI is InChI=1S/C24H31N2/c1-15(2)18-9-10-21(17(5)12-18)24-25(6)22-14-20(16(3)4)13-19-8-7-11-26(24)23(19)22/h9-10,12-16H,7-8,11H2,1-6H3/q+1. The van der Waals surface area contributed by atoms with Crippen molar-refractivity contribution in [2.24, 2.45) is 7.05 Å². The molecule has 1 aromatic heterocycles. The van der Waals surface area contributed by atoms with Crippen LogP contribution in [0.25, 0.3) is 22.4 Å². The van der Waals surface area contributed by atoms with Crippen molar-refractivity contribution in [3.63, 3.8) is 0 Å². The highest BCUT2D eigenvalue weighted by Crippen LogP contribution is 2.33. The molecule has 2 aromatic carbocycles. The Labute approximate surface area is 157 Å². The number of rotatable bonds is 3. The lowest BCUT2D eigenvalue weighted by Gasteiger charge is -2.14. The summed E-state index contributed by atoms with van der Waals surface area (Å²) >= 11 is 0. The number of hydrogen-bond acceptors (Lipinski definition) is 0. The molecule has 0 N–H and O–H groups in total. The van der Waals surface area contributed by atoms with Crippen molar-refractivity contribution in [1.29, 1.82) is 0 Å². The maximum absolute atomic E-state index is 2.57. The summed E-state index contributed by atoms with van der Waals surface area (Å²) in [6.07, 6.45) is 2.43. The number of nitrogens with zero attached hydrogens (tertiary/aromatic N) is 2. The zero-order chi connectivity index (χ0) is 18.6. The van der Waals surface area contributed by atoms with Gasteiger partial charge in [0.1, 0.15) is 0 Å². The summed E-state index contributed by atoms with van der Waals surface area (Å²) in [5.74, 6) is 2.49. The van der Waals surface area contributed by atoms with Crippen molar-refractivity contribution >= 4 is 11.0 Å². The maximum Gasteiger partial charge on any atom is 0.289 e. The second kappa shape index (κ2) is 6.26. The van der Waals surface area contributed by atoms with Crippen molar-refractivity contribution < 1.29 is 4.57 Å². The highest BCUT2D eigenvalue weighted by molar-refractivity contribution is 5.81. The first-order chi connectivity index (χ1) is 12.4. The quantitative estimate of drug-likeness (QED) is 0.543. The van der Waals surface area contributed by atoms with Gasteiger partial charge in [0.25, 0.3) is 5.82 Å². The minimum absolute atomic E-state index is 0.566. The van der Waals surface area contributed by atoms with Gasteiger partial charge in [-0.2, -0.15) is 0 Å². The molecule has 1 aliphatic rings. The van der Waals surface area contributed by atoms with E-state index in [1.165, 1.54) is 57.5 Å². The van der Waals surface area contributed by atoms with Crippen LogP contribution < -0.4 is 4.57 Å². The van der Waals surface area contributed by atoms with Crippen LogP contribution in [0.4, 0.5) is 0 Å². The van der Waals surface area contributed by atoms with Gasteiger partial charge in [0.15, 0.2) is 11.0 Å². The first-order valence-corrected chi connectivity index (χ1v) is 10.0. The van der Waals surface area contributed by atoms with Gasteiger partial charge < -0.3 is 0 Å². The third kappa shape index (κ3) is 2.58. The summed E-state index contributed by atoms with van der Waals surface area (Å²) in [4.78, 5) is 0. The largest absolute Gasteiger partial charge is 0.289 e. The number of benzene rings is 2. The fraction of sp³-hybridized carbons (Fsp3) is 0.458. The molecule has 1 aliphatic heterocycles. The Morgan fingerprint density at radius 1 is 0.962 bits per heavy atom. The molecule has 2 nitrogen and oxygen atoms in total. The molecule has 0 spiro atoms. The molecular weight excluding hydrogens is 316 g/mol. The molecule has 3 aromatic rings. The molecule has 4 rings (SSSR count). The van der Waals surface area contributed by atoms with Gasteiger partial charge >= 0.3 is 0 Å². The molecular formula is C24H31N2+. The average Bonchev–Trinajstić information content (AvgIpc) is 2.89. The molecule has 0 amide bonds. The van der Waals surface area contributed by atoms with Gasteiger partial charge in [-0.05, 0) is 60.4 Å². The van der Waals surface area contributed by atoms with Crippen LogP contribution in [0.15, 0.2) is 30.3 Å². The zero-order valence-electron chi connectivity index (χ0n) is 17.1. The predicted molar refractivity (Wildman–Crippen MR) is 110 cm³/mol. The Kier molecular flexibility index (Phi) is 4.17. The van der Waals surface area contributed by atoms with E-state index in [0.29, 0.717) is 11.8 Å². The first kappa shape index (κ1) is 17.3. The smallest absolute Gasteiger partial charge is 0.226 e. The van der Waals surface area contributed by atoms with Crippen LogP contribution >= 0.6 is 0 Å². The molecule has 26 heavy (non-hydrogen) atoms. The Morgan fingerprint density at radius 3 is 2.35 bits per heavy atom. The van der Waals surface area contributed by atoms with Crippen LogP contribution in [0.3, 0.4) is 0 Å².